The summed E-state index contributed by atoms with van der Waals surface area (Å²) in [5, 5.41) is 3.87. The van der Waals surface area contributed by atoms with Gasteiger partial charge in [-0.05, 0) is 61.3 Å². The van der Waals surface area contributed by atoms with Crippen molar-refractivity contribution in [2.45, 2.75) is 53.1 Å². The van der Waals surface area contributed by atoms with Gasteiger partial charge in [-0.15, -0.1) is 0 Å². The van der Waals surface area contributed by atoms with Crippen LogP contribution >= 0.6 is 7.52 Å². The molecule has 0 bridgehead atoms. The number of nitrogens with one attached hydrogen (secondary N) is 1. The van der Waals surface area contributed by atoms with Gasteiger partial charge in [-0.2, -0.15) is 0 Å². The highest BCUT2D eigenvalue weighted by atomic mass is 31.2. The molecular formula is C22H31N2O2P. The molecule has 146 valence electrons. The Balaban J connectivity index is 1.95. The van der Waals surface area contributed by atoms with Gasteiger partial charge in [0.2, 0.25) is 0 Å². The summed E-state index contributed by atoms with van der Waals surface area (Å²) < 4.78 is 20.6. The molecule has 1 aromatic heterocycles. The topological polar surface area (TPSA) is 51.2 Å². The summed E-state index contributed by atoms with van der Waals surface area (Å²) in [5.74, 6) is 2.13. The maximum Gasteiger partial charge on any atom is 0.325 e. The van der Waals surface area contributed by atoms with Crippen molar-refractivity contribution in [2.75, 3.05) is 5.09 Å². The molecule has 0 amide bonds. The Hall–Kier alpha value is -1.64. The molecule has 27 heavy (non-hydrogen) atoms. The fraction of sp³-hybridized carbons (Fsp3) is 0.500. The quantitative estimate of drug-likeness (QED) is 0.638. The Labute approximate surface area is 163 Å². The second-order valence-corrected chi connectivity index (χ2v) is 10.2. The van der Waals surface area contributed by atoms with Crippen LogP contribution in [0.15, 0.2) is 48.7 Å². The summed E-state index contributed by atoms with van der Waals surface area (Å²) in [4.78, 5) is 4.39. The van der Waals surface area contributed by atoms with Gasteiger partial charge in [0.25, 0.3) is 0 Å². The van der Waals surface area contributed by atoms with E-state index in [0.717, 1.165) is 18.4 Å². The van der Waals surface area contributed by atoms with Gasteiger partial charge in [0.05, 0.1) is 11.4 Å². The van der Waals surface area contributed by atoms with E-state index in [2.05, 4.69) is 30.8 Å². The average molecular weight is 386 g/mol. The van der Waals surface area contributed by atoms with Crippen LogP contribution in [0.1, 0.15) is 45.6 Å². The fourth-order valence-corrected chi connectivity index (χ4v) is 5.95. The first-order valence-electron chi connectivity index (χ1n) is 9.93. The molecule has 2 aromatic rings. The molecule has 4 atom stereocenters. The van der Waals surface area contributed by atoms with Crippen molar-refractivity contribution >= 4 is 18.6 Å². The van der Waals surface area contributed by atoms with Crippen molar-refractivity contribution in [3.8, 4) is 0 Å². The van der Waals surface area contributed by atoms with E-state index in [1.54, 1.807) is 6.20 Å². The van der Waals surface area contributed by atoms with Gasteiger partial charge in [-0.25, -0.2) is 4.98 Å². The number of benzene rings is 1. The summed E-state index contributed by atoms with van der Waals surface area (Å²) >= 11 is 0. The second kappa shape index (κ2) is 8.58. The van der Waals surface area contributed by atoms with Gasteiger partial charge in [0.15, 0.2) is 0 Å². The third-order valence-corrected chi connectivity index (χ3v) is 7.66. The minimum Gasteiger partial charge on any atom is -0.306 e. The third-order valence-electron chi connectivity index (χ3n) is 5.60. The van der Waals surface area contributed by atoms with Crippen LogP contribution in [-0.4, -0.2) is 11.1 Å². The Kier molecular flexibility index (Phi) is 6.39. The molecule has 1 N–H and O–H groups in total. The van der Waals surface area contributed by atoms with Crippen molar-refractivity contribution in [3.05, 3.63) is 54.2 Å². The van der Waals surface area contributed by atoms with Crippen LogP contribution in [0.4, 0.5) is 5.82 Å². The van der Waals surface area contributed by atoms with E-state index >= 15 is 0 Å². The number of pyridine rings is 1. The number of rotatable bonds is 6. The van der Waals surface area contributed by atoms with E-state index in [1.165, 1.54) is 6.42 Å². The van der Waals surface area contributed by atoms with Gasteiger partial charge in [0, 0.05) is 6.20 Å². The zero-order valence-corrected chi connectivity index (χ0v) is 17.7. The lowest BCUT2D eigenvalue weighted by atomic mass is 9.75. The monoisotopic (exact) mass is 386 g/mol. The molecule has 4 nitrogen and oxygen atoms in total. The van der Waals surface area contributed by atoms with Gasteiger partial charge in [-0.1, -0.05) is 51.5 Å². The predicted octanol–water partition coefficient (Wildman–Crippen LogP) is 5.80. The Bertz CT molecular complexity index is 794. The number of aromatic nitrogens is 1. The summed E-state index contributed by atoms with van der Waals surface area (Å²) in [7, 11) is -3.31. The van der Waals surface area contributed by atoms with Crippen LogP contribution < -0.4 is 10.4 Å². The first kappa shape index (κ1) is 20.1. The van der Waals surface area contributed by atoms with E-state index in [0.29, 0.717) is 28.9 Å². The van der Waals surface area contributed by atoms with Crippen molar-refractivity contribution in [1.29, 1.82) is 0 Å². The maximum atomic E-state index is 14.1. The van der Waals surface area contributed by atoms with Gasteiger partial charge in [0.1, 0.15) is 5.82 Å². The van der Waals surface area contributed by atoms with Gasteiger partial charge < -0.3 is 4.52 Å². The number of anilines is 1. The van der Waals surface area contributed by atoms with Crippen molar-refractivity contribution < 1.29 is 9.09 Å². The lowest BCUT2D eigenvalue weighted by Crippen LogP contribution is -2.35. The molecule has 0 saturated heterocycles. The molecule has 0 spiro atoms. The molecular weight excluding hydrogens is 355 g/mol. The number of nitrogens with zero attached hydrogens (tertiary/aromatic N) is 1. The first-order valence-corrected chi connectivity index (χ1v) is 11.6. The van der Waals surface area contributed by atoms with Crippen LogP contribution in [0.5, 0.6) is 0 Å². The standard InChI is InChI=1S/C22H31N2O2P/c1-16(2)20-13-12-17(3)15-21(20)26-27(25,19-10-6-5-7-11-19)24-22-18(4)9-8-14-23-22/h5-11,14,16-17,20-21H,12-13,15H2,1-4H3,(H,23,24,25)/t17-,20-,21+,27+/m0/s1. The van der Waals surface area contributed by atoms with Crippen LogP contribution in [-0.2, 0) is 9.09 Å². The fourth-order valence-electron chi connectivity index (χ4n) is 3.94. The minimum atomic E-state index is -3.31. The number of hydrogen-bond donors (Lipinski definition) is 1. The minimum absolute atomic E-state index is 0.0173. The summed E-state index contributed by atoms with van der Waals surface area (Å²) in [6, 6.07) is 13.3. The van der Waals surface area contributed by atoms with E-state index in [-0.39, 0.29) is 6.10 Å². The highest BCUT2D eigenvalue weighted by Gasteiger charge is 2.38. The predicted molar refractivity (Wildman–Crippen MR) is 112 cm³/mol. The molecule has 1 aliphatic rings. The molecule has 1 fully saturated rings. The molecule has 0 radical (unpaired) electrons. The Morgan fingerprint density at radius 3 is 2.56 bits per heavy atom. The van der Waals surface area contributed by atoms with Crippen LogP contribution in [0.3, 0.4) is 0 Å². The third kappa shape index (κ3) is 4.80. The molecule has 5 heteroatoms. The summed E-state index contributed by atoms with van der Waals surface area (Å²) in [5.41, 5.74) is 0.953. The van der Waals surface area contributed by atoms with Crippen molar-refractivity contribution in [1.82, 2.24) is 4.98 Å². The zero-order chi connectivity index (χ0) is 19.4. The highest BCUT2D eigenvalue weighted by molar-refractivity contribution is 7.68. The van der Waals surface area contributed by atoms with Gasteiger partial charge >= 0.3 is 7.52 Å². The maximum absolute atomic E-state index is 14.1. The molecule has 1 aromatic carbocycles. The van der Waals surface area contributed by atoms with Crippen LogP contribution in [0, 0.1) is 24.7 Å². The van der Waals surface area contributed by atoms with Crippen molar-refractivity contribution in [2.24, 2.45) is 17.8 Å². The largest absolute Gasteiger partial charge is 0.325 e. The SMILES string of the molecule is Cc1cccnc1N[P@](=O)(O[C@@H]1C[C@@H](C)CC[C@H]1C(C)C)c1ccccc1. The van der Waals surface area contributed by atoms with E-state index in [4.69, 9.17) is 4.52 Å². The summed E-state index contributed by atoms with van der Waals surface area (Å²) in [6.07, 6.45) is 4.98. The Morgan fingerprint density at radius 1 is 1.15 bits per heavy atom. The zero-order valence-electron chi connectivity index (χ0n) is 16.8. The highest BCUT2D eigenvalue weighted by Crippen LogP contribution is 2.51. The number of aryl methyl sites for hydroxylation is 1. The normalized spacial score (nSPS) is 25.1. The van der Waals surface area contributed by atoms with Crippen LogP contribution in [0.2, 0.25) is 0 Å². The summed E-state index contributed by atoms with van der Waals surface area (Å²) in [6.45, 7) is 8.70. The van der Waals surface area contributed by atoms with E-state index < -0.39 is 7.52 Å². The van der Waals surface area contributed by atoms with Crippen LogP contribution in [0.25, 0.3) is 0 Å². The molecule has 1 saturated carbocycles. The van der Waals surface area contributed by atoms with E-state index in [9.17, 15) is 4.57 Å². The Morgan fingerprint density at radius 2 is 1.89 bits per heavy atom. The second-order valence-electron chi connectivity index (χ2n) is 8.14. The van der Waals surface area contributed by atoms with E-state index in [1.807, 2.05) is 49.4 Å². The number of hydrogen-bond acceptors (Lipinski definition) is 3. The van der Waals surface area contributed by atoms with Gasteiger partial charge in [-0.3, -0.25) is 9.65 Å². The molecule has 0 aliphatic heterocycles. The average Bonchev–Trinajstić information content (AvgIpc) is 2.64. The molecule has 1 heterocycles. The lowest BCUT2D eigenvalue weighted by molar-refractivity contribution is 0.0505. The molecule has 3 rings (SSSR count). The lowest BCUT2D eigenvalue weighted by Gasteiger charge is -2.39. The van der Waals surface area contributed by atoms with Crippen molar-refractivity contribution in [3.63, 3.8) is 0 Å². The first-order chi connectivity index (χ1) is 12.9. The smallest absolute Gasteiger partial charge is 0.306 e. The molecule has 1 aliphatic carbocycles. The molecule has 0 unspecified atom stereocenters.